The van der Waals surface area contributed by atoms with Crippen LogP contribution in [0.2, 0.25) is 0 Å². The fraction of sp³-hybridized carbons (Fsp3) is 0.240. The molecule has 7 nitrogen and oxygen atoms in total. The zero-order valence-electron chi connectivity index (χ0n) is 18.2. The molecule has 0 atom stereocenters. The first-order valence-electron chi connectivity index (χ1n) is 10.7. The summed E-state index contributed by atoms with van der Waals surface area (Å²) in [5.41, 5.74) is 8.33. The van der Waals surface area contributed by atoms with Gasteiger partial charge in [0.2, 0.25) is 0 Å². The molecule has 170 valence electrons. The van der Waals surface area contributed by atoms with Crippen molar-refractivity contribution >= 4 is 11.7 Å². The average Bonchev–Trinajstić information content (AvgIpc) is 2.83. The van der Waals surface area contributed by atoms with Crippen LogP contribution in [0.1, 0.15) is 21.5 Å². The van der Waals surface area contributed by atoms with E-state index < -0.39 is 0 Å². The van der Waals surface area contributed by atoms with Crippen molar-refractivity contribution in [3.05, 3.63) is 83.2 Å². The average molecular weight is 448 g/mol. The predicted octanol–water partition coefficient (Wildman–Crippen LogP) is 3.12. The Morgan fingerprint density at radius 2 is 1.94 bits per heavy atom. The Morgan fingerprint density at radius 3 is 2.73 bits per heavy atom. The fourth-order valence-electron chi connectivity index (χ4n) is 3.27. The molecule has 0 bridgehead atoms. The van der Waals surface area contributed by atoms with E-state index in [1.165, 1.54) is 12.1 Å². The predicted molar refractivity (Wildman–Crippen MR) is 125 cm³/mol. The van der Waals surface area contributed by atoms with E-state index in [1.54, 1.807) is 30.3 Å². The Bertz CT molecular complexity index is 1130. The summed E-state index contributed by atoms with van der Waals surface area (Å²) in [6, 6.07) is 19.1. The molecule has 0 saturated carbocycles. The first kappa shape index (κ1) is 23.9. The summed E-state index contributed by atoms with van der Waals surface area (Å²) in [5.74, 6) is -0.207. The summed E-state index contributed by atoms with van der Waals surface area (Å²) < 4.78 is 18.8. The molecule has 0 aliphatic heterocycles. The van der Waals surface area contributed by atoms with Crippen LogP contribution in [0.3, 0.4) is 0 Å². The third-order valence-electron chi connectivity index (χ3n) is 4.85. The van der Waals surface area contributed by atoms with Gasteiger partial charge in [-0.25, -0.2) is 9.37 Å². The molecule has 0 radical (unpaired) electrons. The zero-order valence-corrected chi connectivity index (χ0v) is 18.2. The first-order chi connectivity index (χ1) is 16.1. The number of benzene rings is 2. The maximum absolute atomic E-state index is 13.5. The highest BCUT2D eigenvalue weighted by atomic mass is 19.1. The summed E-state index contributed by atoms with van der Waals surface area (Å²) in [6.07, 6.45) is 0.548. The van der Waals surface area contributed by atoms with Crippen molar-refractivity contribution in [2.75, 3.05) is 38.2 Å². The van der Waals surface area contributed by atoms with Crippen molar-refractivity contribution < 1.29 is 13.9 Å². The number of ether oxygens (including phenoxy) is 1. The van der Waals surface area contributed by atoms with Crippen LogP contribution >= 0.6 is 0 Å². The number of hydrogen-bond donors (Lipinski definition) is 3. The highest BCUT2D eigenvalue weighted by Gasteiger charge is 2.15. The summed E-state index contributed by atoms with van der Waals surface area (Å²) in [5, 5.41) is 15.4. The van der Waals surface area contributed by atoms with Crippen LogP contribution in [-0.2, 0) is 11.2 Å². The number of pyridine rings is 1. The van der Waals surface area contributed by atoms with E-state index in [9.17, 15) is 14.4 Å². The van der Waals surface area contributed by atoms with Gasteiger partial charge in [0.1, 0.15) is 11.6 Å². The number of hydrogen-bond acceptors (Lipinski definition) is 6. The Kier molecular flexibility index (Phi) is 8.88. The van der Waals surface area contributed by atoms with Crippen LogP contribution in [0.25, 0.3) is 11.3 Å². The molecule has 1 heterocycles. The number of nitrogens with two attached hydrogens (primary N) is 1. The van der Waals surface area contributed by atoms with Crippen molar-refractivity contribution in [1.29, 1.82) is 5.26 Å². The van der Waals surface area contributed by atoms with E-state index in [2.05, 4.69) is 21.7 Å². The second-order valence-electron chi connectivity index (χ2n) is 7.21. The summed E-state index contributed by atoms with van der Waals surface area (Å²) >= 11 is 0. The lowest BCUT2D eigenvalue weighted by Gasteiger charge is -2.14. The molecule has 0 spiro atoms. The summed E-state index contributed by atoms with van der Waals surface area (Å²) in [7, 11) is 0. The molecule has 0 saturated heterocycles. The Hall–Kier alpha value is -3.80. The van der Waals surface area contributed by atoms with Crippen molar-refractivity contribution in [2.24, 2.45) is 5.73 Å². The molecular weight excluding hydrogens is 421 g/mol. The van der Waals surface area contributed by atoms with Gasteiger partial charge in [-0.05, 0) is 42.3 Å². The number of aromatic nitrogens is 1. The number of rotatable bonds is 11. The lowest BCUT2D eigenvalue weighted by molar-refractivity contribution is 0.0920. The standard InChI is InChI=1S/C25H26FN5O2/c26-20-6-3-4-18(16-20)10-12-29-24-22(25(32)30-13-15-33-14-11-27)8-9-23(31-24)21-7-2-1-5-19(21)17-28/h1-9,16H,10-15,27H2,(H,29,31)(H,30,32). The Morgan fingerprint density at radius 1 is 1.09 bits per heavy atom. The summed E-state index contributed by atoms with van der Waals surface area (Å²) in [4.78, 5) is 17.4. The molecule has 0 unspecified atom stereocenters. The van der Waals surface area contributed by atoms with Gasteiger partial charge in [0.05, 0.1) is 36.1 Å². The smallest absolute Gasteiger partial charge is 0.255 e. The highest BCUT2D eigenvalue weighted by Crippen LogP contribution is 2.25. The van der Waals surface area contributed by atoms with Gasteiger partial charge in [-0.2, -0.15) is 5.26 Å². The fourth-order valence-corrected chi connectivity index (χ4v) is 3.27. The summed E-state index contributed by atoms with van der Waals surface area (Å²) in [6.45, 7) is 1.98. The van der Waals surface area contributed by atoms with Crippen LogP contribution in [0, 0.1) is 17.1 Å². The number of anilines is 1. The maximum Gasteiger partial charge on any atom is 0.255 e. The van der Waals surface area contributed by atoms with Crippen molar-refractivity contribution in [2.45, 2.75) is 6.42 Å². The lowest BCUT2D eigenvalue weighted by Crippen LogP contribution is -2.29. The van der Waals surface area contributed by atoms with Gasteiger partial charge in [0.25, 0.3) is 5.91 Å². The molecule has 3 rings (SSSR count). The van der Waals surface area contributed by atoms with Crippen LogP contribution in [0.4, 0.5) is 10.2 Å². The molecule has 0 aliphatic rings. The molecular formula is C25H26FN5O2. The minimum absolute atomic E-state index is 0.294. The molecule has 8 heteroatoms. The van der Waals surface area contributed by atoms with Crippen molar-refractivity contribution in [3.63, 3.8) is 0 Å². The van der Waals surface area contributed by atoms with Crippen molar-refractivity contribution in [3.8, 4) is 17.3 Å². The molecule has 4 N–H and O–H groups in total. The Labute approximate surface area is 192 Å². The molecule has 0 aliphatic carbocycles. The minimum atomic E-state index is -0.299. The lowest BCUT2D eigenvalue weighted by atomic mass is 10.0. The number of nitrogens with one attached hydrogen (secondary N) is 2. The number of nitrogens with zero attached hydrogens (tertiary/aromatic N) is 2. The van der Waals surface area contributed by atoms with Crippen LogP contribution in [0.15, 0.2) is 60.7 Å². The quantitative estimate of drug-likeness (QED) is 0.389. The van der Waals surface area contributed by atoms with E-state index in [0.29, 0.717) is 67.5 Å². The molecule has 1 amide bonds. The van der Waals surface area contributed by atoms with Crippen LogP contribution in [0.5, 0.6) is 0 Å². The van der Waals surface area contributed by atoms with E-state index >= 15 is 0 Å². The van der Waals surface area contributed by atoms with Gasteiger partial charge >= 0.3 is 0 Å². The monoisotopic (exact) mass is 447 g/mol. The minimum Gasteiger partial charge on any atom is -0.378 e. The van der Waals surface area contributed by atoms with Gasteiger partial charge in [0, 0.05) is 25.2 Å². The van der Waals surface area contributed by atoms with Gasteiger partial charge in [0.15, 0.2) is 0 Å². The number of carbonyl (C=O) groups excluding carboxylic acids is 1. The largest absolute Gasteiger partial charge is 0.378 e. The molecule has 33 heavy (non-hydrogen) atoms. The SMILES string of the molecule is N#Cc1ccccc1-c1ccc(C(=O)NCCOCCN)c(NCCc2cccc(F)c2)n1. The maximum atomic E-state index is 13.5. The van der Waals surface area contributed by atoms with Crippen LogP contribution in [-0.4, -0.2) is 43.7 Å². The number of halogens is 1. The number of carbonyl (C=O) groups is 1. The van der Waals surface area contributed by atoms with Gasteiger partial charge in [-0.3, -0.25) is 4.79 Å². The second kappa shape index (κ2) is 12.3. The third kappa shape index (κ3) is 6.84. The molecule has 1 aromatic heterocycles. The van der Waals surface area contributed by atoms with E-state index in [1.807, 2.05) is 18.2 Å². The number of amides is 1. The van der Waals surface area contributed by atoms with E-state index in [0.717, 1.165) is 5.56 Å². The van der Waals surface area contributed by atoms with E-state index in [-0.39, 0.29) is 11.7 Å². The molecule has 3 aromatic rings. The molecule has 0 fully saturated rings. The van der Waals surface area contributed by atoms with Crippen LogP contribution < -0.4 is 16.4 Å². The van der Waals surface area contributed by atoms with E-state index in [4.69, 9.17) is 10.5 Å². The second-order valence-corrected chi connectivity index (χ2v) is 7.21. The Balaban J connectivity index is 1.80. The van der Waals surface area contributed by atoms with Gasteiger partial charge in [-0.1, -0.05) is 30.3 Å². The third-order valence-corrected chi connectivity index (χ3v) is 4.85. The van der Waals surface area contributed by atoms with Crippen molar-refractivity contribution in [1.82, 2.24) is 10.3 Å². The van der Waals surface area contributed by atoms with Gasteiger partial charge < -0.3 is 21.1 Å². The van der Waals surface area contributed by atoms with Gasteiger partial charge in [-0.15, -0.1) is 0 Å². The molecule has 2 aromatic carbocycles. The number of nitriles is 1. The zero-order chi connectivity index (χ0) is 23.5. The highest BCUT2D eigenvalue weighted by molar-refractivity contribution is 5.99. The first-order valence-corrected chi connectivity index (χ1v) is 10.7. The topological polar surface area (TPSA) is 113 Å². The normalized spacial score (nSPS) is 10.5.